The smallest absolute Gasteiger partial charge is 0.411 e. The Morgan fingerprint density at radius 2 is 2.29 bits per heavy atom. The van der Waals surface area contributed by atoms with Crippen LogP contribution in [0.5, 0.6) is 0 Å². The third-order valence-electron chi connectivity index (χ3n) is 2.03. The number of carbonyl (C=O) groups is 1. The summed E-state index contributed by atoms with van der Waals surface area (Å²) in [4.78, 5) is 11.7. The molecule has 2 atom stereocenters. The van der Waals surface area contributed by atoms with Crippen molar-refractivity contribution in [3.05, 3.63) is 12.2 Å². The molecule has 0 aromatic carbocycles. The average Bonchev–Trinajstić information content (AvgIpc) is 2.61. The summed E-state index contributed by atoms with van der Waals surface area (Å²) in [6.45, 7) is 0. The molecule has 2 unspecified atom stereocenters. The van der Waals surface area contributed by atoms with E-state index in [1.165, 1.54) is 27.3 Å². The standard InChI is InChI=1S/C8H13NO5/c1-9(7(10)11)8(13-3)5-4-6(12-2)14-8/h4-6H,1-3H3,(H,10,11). The van der Waals surface area contributed by atoms with Crippen molar-refractivity contribution in [1.29, 1.82) is 0 Å². The van der Waals surface area contributed by atoms with E-state index in [1.54, 1.807) is 6.08 Å². The number of carboxylic acid groups (broad SMARTS) is 1. The van der Waals surface area contributed by atoms with Crippen LogP contribution < -0.4 is 0 Å². The van der Waals surface area contributed by atoms with Gasteiger partial charge in [0.05, 0.1) is 0 Å². The monoisotopic (exact) mass is 203 g/mol. The normalized spacial score (nSPS) is 30.6. The summed E-state index contributed by atoms with van der Waals surface area (Å²) in [6.07, 6.45) is 1.35. The van der Waals surface area contributed by atoms with Crippen LogP contribution in [0.4, 0.5) is 4.79 Å². The summed E-state index contributed by atoms with van der Waals surface area (Å²) in [5.41, 5.74) is 0. The van der Waals surface area contributed by atoms with Crippen LogP contribution in [0.2, 0.25) is 0 Å². The molecule has 0 aliphatic carbocycles. The molecule has 0 bridgehead atoms. The molecule has 0 saturated heterocycles. The largest absolute Gasteiger partial charge is 0.465 e. The van der Waals surface area contributed by atoms with Gasteiger partial charge in [0.15, 0.2) is 6.29 Å². The van der Waals surface area contributed by atoms with Gasteiger partial charge in [0, 0.05) is 21.3 Å². The molecule has 14 heavy (non-hydrogen) atoms. The van der Waals surface area contributed by atoms with E-state index in [9.17, 15) is 4.79 Å². The number of hydrogen-bond donors (Lipinski definition) is 1. The minimum absolute atomic E-state index is 0.586. The molecule has 6 nitrogen and oxygen atoms in total. The fraction of sp³-hybridized carbons (Fsp3) is 0.625. The van der Waals surface area contributed by atoms with Crippen molar-refractivity contribution < 1.29 is 24.1 Å². The summed E-state index contributed by atoms with van der Waals surface area (Å²) >= 11 is 0. The second-order valence-electron chi connectivity index (χ2n) is 2.76. The Kier molecular flexibility index (Phi) is 3.10. The van der Waals surface area contributed by atoms with Gasteiger partial charge in [-0.25, -0.2) is 4.79 Å². The van der Waals surface area contributed by atoms with Gasteiger partial charge < -0.3 is 14.6 Å². The number of nitrogens with zero attached hydrogens (tertiary/aromatic N) is 1. The van der Waals surface area contributed by atoms with Crippen molar-refractivity contribution in [1.82, 2.24) is 4.90 Å². The molecule has 0 fully saturated rings. The van der Waals surface area contributed by atoms with Gasteiger partial charge in [0.1, 0.15) is 0 Å². The molecular formula is C8H13NO5. The molecular weight excluding hydrogens is 190 g/mol. The number of ether oxygens (including phenoxy) is 3. The summed E-state index contributed by atoms with van der Waals surface area (Å²) < 4.78 is 15.2. The average molecular weight is 203 g/mol. The number of methoxy groups -OCH3 is 2. The molecule has 1 aliphatic rings. The maximum Gasteiger partial charge on any atom is 0.411 e. The Bertz CT molecular complexity index is 254. The van der Waals surface area contributed by atoms with Gasteiger partial charge in [-0.1, -0.05) is 0 Å². The minimum atomic E-state index is -1.38. The Morgan fingerprint density at radius 3 is 2.64 bits per heavy atom. The second kappa shape index (κ2) is 3.95. The van der Waals surface area contributed by atoms with E-state index in [2.05, 4.69) is 0 Å². The maximum absolute atomic E-state index is 10.7. The van der Waals surface area contributed by atoms with E-state index >= 15 is 0 Å². The highest BCUT2D eigenvalue weighted by atomic mass is 16.8. The van der Waals surface area contributed by atoms with E-state index in [-0.39, 0.29) is 0 Å². The first-order chi connectivity index (χ1) is 6.55. The van der Waals surface area contributed by atoms with Crippen LogP contribution in [0.15, 0.2) is 12.2 Å². The van der Waals surface area contributed by atoms with Crippen molar-refractivity contribution in [2.75, 3.05) is 21.3 Å². The molecule has 0 aromatic heterocycles. The van der Waals surface area contributed by atoms with E-state index in [4.69, 9.17) is 19.3 Å². The first-order valence-corrected chi connectivity index (χ1v) is 3.97. The highest BCUT2D eigenvalue weighted by Crippen LogP contribution is 2.27. The Morgan fingerprint density at radius 1 is 1.64 bits per heavy atom. The molecule has 0 aromatic rings. The lowest BCUT2D eigenvalue weighted by Gasteiger charge is -2.33. The van der Waals surface area contributed by atoms with Crippen molar-refractivity contribution in [3.63, 3.8) is 0 Å². The summed E-state index contributed by atoms with van der Waals surface area (Å²) in [5, 5.41) is 8.79. The molecule has 1 aliphatic heterocycles. The van der Waals surface area contributed by atoms with Gasteiger partial charge in [-0.15, -0.1) is 0 Å². The van der Waals surface area contributed by atoms with E-state index in [1.807, 2.05) is 0 Å². The molecule has 1 amide bonds. The molecule has 1 N–H and O–H groups in total. The van der Waals surface area contributed by atoms with E-state index < -0.39 is 18.3 Å². The number of amides is 1. The van der Waals surface area contributed by atoms with Crippen LogP contribution in [-0.4, -0.2) is 49.6 Å². The van der Waals surface area contributed by atoms with Gasteiger partial charge in [-0.05, 0) is 12.2 Å². The number of hydrogen-bond acceptors (Lipinski definition) is 4. The minimum Gasteiger partial charge on any atom is -0.465 e. The van der Waals surface area contributed by atoms with Crippen LogP contribution in [0.25, 0.3) is 0 Å². The van der Waals surface area contributed by atoms with Gasteiger partial charge in [-0.2, -0.15) is 0 Å². The summed E-state index contributed by atoms with van der Waals surface area (Å²) in [5.74, 6) is -1.38. The first-order valence-electron chi connectivity index (χ1n) is 3.97. The molecule has 6 heteroatoms. The number of likely N-dealkylation sites (N-methyl/N-ethyl adjacent to an activating group) is 1. The van der Waals surface area contributed by atoms with Crippen LogP contribution in [0.1, 0.15) is 0 Å². The van der Waals surface area contributed by atoms with Crippen molar-refractivity contribution >= 4 is 6.09 Å². The fourth-order valence-corrected chi connectivity index (χ4v) is 1.15. The highest BCUT2D eigenvalue weighted by molar-refractivity contribution is 5.65. The third kappa shape index (κ3) is 1.72. The van der Waals surface area contributed by atoms with Gasteiger partial charge >= 0.3 is 6.09 Å². The number of rotatable bonds is 3. The second-order valence-corrected chi connectivity index (χ2v) is 2.76. The SMILES string of the molecule is COC1C=CC(OC)(N(C)C(=O)O)O1. The van der Waals surface area contributed by atoms with Crippen molar-refractivity contribution in [2.24, 2.45) is 0 Å². The zero-order chi connectivity index (χ0) is 10.8. The van der Waals surface area contributed by atoms with Gasteiger partial charge in [0.2, 0.25) is 0 Å². The molecule has 0 saturated carbocycles. The quantitative estimate of drug-likeness (QED) is 0.533. The van der Waals surface area contributed by atoms with Crippen molar-refractivity contribution in [2.45, 2.75) is 12.2 Å². The van der Waals surface area contributed by atoms with Crippen LogP contribution in [0.3, 0.4) is 0 Å². The Labute approximate surface area is 81.7 Å². The van der Waals surface area contributed by atoms with Gasteiger partial charge in [-0.3, -0.25) is 9.64 Å². The topological polar surface area (TPSA) is 68.2 Å². The first kappa shape index (κ1) is 11.0. The fourth-order valence-electron chi connectivity index (χ4n) is 1.15. The predicted molar refractivity (Wildman–Crippen MR) is 46.5 cm³/mol. The lowest BCUT2D eigenvalue weighted by molar-refractivity contribution is -0.292. The predicted octanol–water partition coefficient (Wildman–Crippen LogP) is 0.455. The lowest BCUT2D eigenvalue weighted by atomic mass is 10.4. The molecule has 1 heterocycles. The zero-order valence-electron chi connectivity index (χ0n) is 8.26. The molecule has 80 valence electrons. The highest BCUT2D eigenvalue weighted by Gasteiger charge is 2.42. The van der Waals surface area contributed by atoms with E-state index in [0.29, 0.717) is 0 Å². The zero-order valence-corrected chi connectivity index (χ0v) is 8.26. The van der Waals surface area contributed by atoms with E-state index in [0.717, 1.165) is 4.90 Å². The van der Waals surface area contributed by atoms with Crippen LogP contribution in [0, 0.1) is 0 Å². The molecule has 0 radical (unpaired) electrons. The lowest BCUT2D eigenvalue weighted by Crippen LogP contribution is -2.50. The van der Waals surface area contributed by atoms with Gasteiger partial charge in [0.25, 0.3) is 5.91 Å². The van der Waals surface area contributed by atoms with Crippen LogP contribution >= 0.6 is 0 Å². The summed E-state index contributed by atoms with van der Waals surface area (Å²) in [6, 6.07) is 0. The van der Waals surface area contributed by atoms with Crippen molar-refractivity contribution in [3.8, 4) is 0 Å². The molecule has 0 spiro atoms. The van der Waals surface area contributed by atoms with Crippen LogP contribution in [-0.2, 0) is 14.2 Å². The maximum atomic E-state index is 10.7. The Balaban J connectivity index is 2.80. The Hall–Kier alpha value is -1.11. The molecule has 1 rings (SSSR count). The summed E-state index contributed by atoms with van der Waals surface area (Å²) in [7, 11) is 4.18. The third-order valence-corrected chi connectivity index (χ3v) is 2.03.